The van der Waals surface area contributed by atoms with E-state index in [9.17, 15) is 0 Å². The molecule has 8 nitrogen and oxygen atoms in total. The van der Waals surface area contributed by atoms with Crippen LogP contribution in [0.3, 0.4) is 0 Å². The van der Waals surface area contributed by atoms with E-state index in [1.165, 1.54) is 29.9 Å². The van der Waals surface area contributed by atoms with Gasteiger partial charge in [-0.3, -0.25) is 4.99 Å². The second-order valence-corrected chi connectivity index (χ2v) is 9.15. The summed E-state index contributed by atoms with van der Waals surface area (Å²) in [4.78, 5) is 20.9. The molecule has 0 radical (unpaired) electrons. The molecule has 0 amide bonds. The predicted octanol–water partition coefficient (Wildman–Crippen LogP) is 2.63. The molecule has 9 heteroatoms. The number of pyridine rings is 1. The van der Waals surface area contributed by atoms with E-state index >= 15 is 0 Å². The Balaban J connectivity index is 1.26. The summed E-state index contributed by atoms with van der Waals surface area (Å²) in [7, 11) is 1.85. The lowest BCUT2D eigenvalue weighted by Crippen LogP contribution is -2.52. The Hall–Kier alpha value is -2.42. The first-order valence-electron chi connectivity index (χ1n) is 11.4. The van der Waals surface area contributed by atoms with E-state index in [1.54, 1.807) is 0 Å². The molecule has 168 valence electrons. The molecule has 4 heterocycles. The first-order valence-corrected chi connectivity index (χ1v) is 12.2. The van der Waals surface area contributed by atoms with Crippen LogP contribution in [0.4, 0.5) is 10.9 Å². The van der Waals surface area contributed by atoms with Crippen molar-refractivity contribution < 1.29 is 0 Å². The molecule has 2 aromatic rings. The van der Waals surface area contributed by atoms with Gasteiger partial charge in [0.2, 0.25) is 5.13 Å². The van der Waals surface area contributed by atoms with E-state index in [4.69, 9.17) is 4.98 Å². The minimum Gasteiger partial charge on any atom is -0.357 e. The highest BCUT2D eigenvalue weighted by atomic mass is 32.1. The maximum absolute atomic E-state index is 4.71. The highest BCUT2D eigenvalue weighted by molar-refractivity contribution is 7.09. The number of piperazine rings is 1. The van der Waals surface area contributed by atoms with Gasteiger partial charge >= 0.3 is 0 Å². The van der Waals surface area contributed by atoms with Crippen LogP contribution in [-0.4, -0.2) is 71.5 Å². The minimum atomic E-state index is 0.730. The topological polar surface area (TPSA) is 72.8 Å². The molecule has 0 bridgehead atoms. The van der Waals surface area contributed by atoms with Crippen LogP contribution < -0.4 is 15.1 Å². The third-order valence-electron chi connectivity index (χ3n) is 6.20. The van der Waals surface area contributed by atoms with E-state index in [0.29, 0.717) is 0 Å². The summed E-state index contributed by atoms with van der Waals surface area (Å²) in [5, 5.41) is 4.54. The number of nitrogens with zero attached hydrogens (tertiary/aromatic N) is 7. The van der Waals surface area contributed by atoms with Crippen LogP contribution in [0.25, 0.3) is 0 Å². The smallest absolute Gasteiger partial charge is 0.205 e. The number of anilines is 2. The largest absolute Gasteiger partial charge is 0.357 e. The lowest BCUT2D eigenvalue weighted by atomic mass is 9.99. The van der Waals surface area contributed by atoms with Crippen LogP contribution >= 0.6 is 11.5 Å². The van der Waals surface area contributed by atoms with Crippen LogP contribution in [0.5, 0.6) is 0 Å². The Bertz CT molecular complexity index is 849. The first kappa shape index (κ1) is 21.8. The van der Waals surface area contributed by atoms with Crippen molar-refractivity contribution in [1.29, 1.82) is 0 Å². The fourth-order valence-electron chi connectivity index (χ4n) is 4.09. The fourth-order valence-corrected chi connectivity index (χ4v) is 4.89. The number of aliphatic imine (C=N–C) groups is 1. The van der Waals surface area contributed by atoms with Gasteiger partial charge in [0.05, 0.1) is 0 Å². The highest BCUT2D eigenvalue weighted by Gasteiger charge is 2.22. The molecular weight excluding hydrogens is 408 g/mol. The molecule has 4 rings (SSSR count). The second kappa shape index (κ2) is 10.3. The van der Waals surface area contributed by atoms with Gasteiger partial charge in [0.25, 0.3) is 0 Å². The number of aryl methyl sites for hydroxylation is 1. The molecule has 0 saturated carbocycles. The summed E-state index contributed by atoms with van der Waals surface area (Å²) in [6, 6.07) is 4.33. The number of guanidine groups is 1. The molecule has 0 aliphatic carbocycles. The summed E-state index contributed by atoms with van der Waals surface area (Å²) >= 11 is 1.50. The lowest BCUT2D eigenvalue weighted by molar-refractivity contribution is 0.372. The van der Waals surface area contributed by atoms with Crippen molar-refractivity contribution in [3.05, 3.63) is 29.7 Å². The van der Waals surface area contributed by atoms with Gasteiger partial charge in [0, 0.05) is 77.0 Å². The van der Waals surface area contributed by atoms with Gasteiger partial charge in [-0.2, -0.15) is 4.37 Å². The first-order chi connectivity index (χ1) is 15.2. The number of rotatable bonds is 5. The van der Waals surface area contributed by atoms with Gasteiger partial charge < -0.3 is 20.0 Å². The van der Waals surface area contributed by atoms with Crippen molar-refractivity contribution >= 4 is 28.4 Å². The van der Waals surface area contributed by atoms with Gasteiger partial charge in [0.1, 0.15) is 11.6 Å². The van der Waals surface area contributed by atoms with Gasteiger partial charge in [-0.05, 0) is 30.4 Å². The molecule has 2 aliphatic rings. The number of piperidine rings is 1. The number of nitrogens with one attached hydrogen (secondary N) is 1. The normalized spacial score (nSPS) is 18.5. The number of hydrogen-bond donors (Lipinski definition) is 1. The Morgan fingerprint density at radius 1 is 1.13 bits per heavy atom. The molecule has 2 fully saturated rings. The summed E-state index contributed by atoms with van der Waals surface area (Å²) in [5.41, 5.74) is 1.18. The summed E-state index contributed by atoms with van der Waals surface area (Å²) in [6.07, 6.45) is 5.40. The Morgan fingerprint density at radius 3 is 2.52 bits per heavy atom. The van der Waals surface area contributed by atoms with Crippen molar-refractivity contribution in [1.82, 2.24) is 24.6 Å². The standard InChI is InChI=1S/C22H34N8S/c1-4-19-26-22(31-27-19)30-13-11-29(12-14-30)21(23-3)25-16-18-5-6-20(24-15-18)28-9-7-17(2)8-10-28/h5-6,15,17H,4,7-14,16H2,1-3H3,(H,23,25). The van der Waals surface area contributed by atoms with Crippen LogP contribution in [-0.2, 0) is 13.0 Å². The molecule has 0 unspecified atom stereocenters. The van der Waals surface area contributed by atoms with Crippen molar-refractivity contribution in [2.45, 2.75) is 39.7 Å². The van der Waals surface area contributed by atoms with E-state index in [-0.39, 0.29) is 0 Å². The molecule has 2 aliphatic heterocycles. The average Bonchev–Trinajstić information content (AvgIpc) is 3.30. The molecule has 1 N–H and O–H groups in total. The van der Waals surface area contributed by atoms with Crippen molar-refractivity contribution in [2.24, 2.45) is 10.9 Å². The predicted molar refractivity (Wildman–Crippen MR) is 128 cm³/mol. The van der Waals surface area contributed by atoms with Gasteiger partial charge in [0.15, 0.2) is 5.96 Å². The quantitative estimate of drug-likeness (QED) is 0.564. The molecule has 2 saturated heterocycles. The van der Waals surface area contributed by atoms with E-state index in [2.05, 4.69) is 60.3 Å². The third-order valence-corrected chi connectivity index (χ3v) is 7.02. The average molecular weight is 443 g/mol. The zero-order valence-corrected chi connectivity index (χ0v) is 19.7. The monoisotopic (exact) mass is 442 g/mol. The molecule has 0 aromatic carbocycles. The Morgan fingerprint density at radius 2 is 1.90 bits per heavy atom. The molecule has 0 atom stereocenters. The zero-order chi connectivity index (χ0) is 21.6. The molecular formula is C22H34N8S. The summed E-state index contributed by atoms with van der Waals surface area (Å²) in [5.74, 6) is 3.81. The number of hydrogen-bond acceptors (Lipinski definition) is 7. The Labute approximate surface area is 189 Å². The molecule has 2 aromatic heterocycles. The summed E-state index contributed by atoms with van der Waals surface area (Å²) in [6.45, 7) is 11.1. The van der Waals surface area contributed by atoms with E-state index < -0.39 is 0 Å². The zero-order valence-electron chi connectivity index (χ0n) is 18.9. The van der Waals surface area contributed by atoms with E-state index in [0.717, 1.165) is 80.9 Å². The van der Waals surface area contributed by atoms with Crippen molar-refractivity contribution in [3.63, 3.8) is 0 Å². The molecule has 31 heavy (non-hydrogen) atoms. The maximum Gasteiger partial charge on any atom is 0.205 e. The second-order valence-electron chi connectivity index (χ2n) is 8.42. The number of aromatic nitrogens is 3. The van der Waals surface area contributed by atoms with Crippen LogP contribution in [0.1, 0.15) is 38.1 Å². The molecule has 0 spiro atoms. The fraction of sp³-hybridized carbons (Fsp3) is 0.636. The minimum absolute atomic E-state index is 0.730. The SMILES string of the molecule is CCc1nsc(N2CCN(C(=NC)NCc3ccc(N4CCC(C)CC4)nc3)CC2)n1. The van der Waals surface area contributed by atoms with Crippen molar-refractivity contribution in [3.8, 4) is 0 Å². The van der Waals surface area contributed by atoms with Crippen LogP contribution in [0.15, 0.2) is 23.3 Å². The summed E-state index contributed by atoms with van der Waals surface area (Å²) < 4.78 is 4.41. The van der Waals surface area contributed by atoms with E-state index in [1.807, 2.05) is 13.2 Å². The Kier molecular flexibility index (Phi) is 7.21. The van der Waals surface area contributed by atoms with Gasteiger partial charge in [-0.25, -0.2) is 9.97 Å². The van der Waals surface area contributed by atoms with Crippen molar-refractivity contribution in [2.75, 3.05) is 56.1 Å². The third kappa shape index (κ3) is 5.44. The van der Waals surface area contributed by atoms with Gasteiger partial charge in [-0.1, -0.05) is 19.9 Å². The van der Waals surface area contributed by atoms with Gasteiger partial charge in [-0.15, -0.1) is 0 Å². The van der Waals surface area contributed by atoms with Crippen LogP contribution in [0, 0.1) is 5.92 Å². The highest BCUT2D eigenvalue weighted by Crippen LogP contribution is 2.21. The lowest BCUT2D eigenvalue weighted by Gasteiger charge is -2.36. The van der Waals surface area contributed by atoms with Crippen LogP contribution in [0.2, 0.25) is 0 Å². The maximum atomic E-state index is 4.71.